The van der Waals surface area contributed by atoms with E-state index in [1.807, 2.05) is 0 Å². The molecular formula is C33H26O21. The maximum atomic E-state index is 13.4. The third kappa shape index (κ3) is 7.50. The average molecular weight is 759 g/mol. The molecule has 0 spiro atoms. The van der Waals surface area contributed by atoms with Crippen LogP contribution in [0.15, 0.2) is 48.5 Å². The Morgan fingerprint density at radius 2 is 0.667 bits per heavy atom. The van der Waals surface area contributed by atoms with Crippen molar-refractivity contribution in [2.45, 2.75) is 24.6 Å². The van der Waals surface area contributed by atoms with E-state index in [0.29, 0.717) is 48.5 Å². The number of ether oxygens (including phenoxy) is 5. The molecule has 5 rings (SSSR count). The standard InChI is InChI=1S/C33H26O21/c34-14-1-10(2-15(35)23(14)42)29(46)51-22-9-50-33(54-32(49)13-7-20(40)26(45)21(41)8-13)28(53-31(48)12-5-18(38)25(44)19(39)6-12)27(22)52-30(47)11-3-16(36)24(43)17(37)4-11/h1-8,22,27-28,33-45H,9H2/t22-,27+,28+,33-/m1/s1. The van der Waals surface area contributed by atoms with Gasteiger partial charge in [0.05, 0.1) is 28.9 Å². The number of carbonyl (C=O) groups is 4. The summed E-state index contributed by atoms with van der Waals surface area (Å²) in [6, 6.07) is 5.13. The van der Waals surface area contributed by atoms with Gasteiger partial charge >= 0.3 is 23.9 Å². The van der Waals surface area contributed by atoms with Gasteiger partial charge in [-0.15, -0.1) is 0 Å². The van der Waals surface area contributed by atoms with Gasteiger partial charge in [-0.3, -0.25) is 0 Å². The zero-order valence-electron chi connectivity index (χ0n) is 26.7. The highest BCUT2D eigenvalue weighted by atomic mass is 16.7. The predicted octanol–water partition coefficient (Wildman–Crippen LogP) is 1.34. The lowest BCUT2D eigenvalue weighted by molar-refractivity contribution is -0.250. The normalized spacial score (nSPS) is 17.9. The molecule has 21 heteroatoms. The van der Waals surface area contributed by atoms with Crippen LogP contribution in [0, 0.1) is 0 Å². The number of aromatic hydroxyl groups is 12. The van der Waals surface area contributed by atoms with Crippen molar-refractivity contribution in [3.05, 3.63) is 70.8 Å². The fourth-order valence-corrected chi connectivity index (χ4v) is 4.86. The molecular weight excluding hydrogens is 732 g/mol. The summed E-state index contributed by atoms with van der Waals surface area (Å²) in [6.45, 7) is -0.898. The first-order chi connectivity index (χ1) is 25.4. The van der Waals surface area contributed by atoms with Crippen LogP contribution in [0.3, 0.4) is 0 Å². The van der Waals surface area contributed by atoms with Crippen molar-refractivity contribution in [1.82, 2.24) is 0 Å². The minimum absolute atomic E-state index is 0.606. The zero-order valence-corrected chi connectivity index (χ0v) is 26.7. The highest BCUT2D eigenvalue weighted by molar-refractivity contribution is 5.94. The van der Waals surface area contributed by atoms with Crippen LogP contribution in [0.1, 0.15) is 41.4 Å². The maximum absolute atomic E-state index is 13.4. The van der Waals surface area contributed by atoms with E-state index in [0.717, 1.165) is 0 Å². The molecule has 284 valence electrons. The van der Waals surface area contributed by atoms with Crippen LogP contribution in [-0.4, -0.2) is 116 Å². The van der Waals surface area contributed by atoms with E-state index in [9.17, 15) is 80.5 Å². The van der Waals surface area contributed by atoms with Gasteiger partial charge in [-0.2, -0.15) is 0 Å². The maximum Gasteiger partial charge on any atom is 0.340 e. The molecule has 1 heterocycles. The monoisotopic (exact) mass is 758 g/mol. The van der Waals surface area contributed by atoms with Crippen molar-refractivity contribution >= 4 is 23.9 Å². The van der Waals surface area contributed by atoms with Gasteiger partial charge in [-0.25, -0.2) is 19.2 Å². The summed E-state index contributed by atoms with van der Waals surface area (Å²) in [5.41, 5.74) is -2.59. The number of benzene rings is 4. The van der Waals surface area contributed by atoms with Gasteiger partial charge in [-0.05, 0) is 48.5 Å². The van der Waals surface area contributed by atoms with Crippen molar-refractivity contribution in [3.8, 4) is 69.0 Å². The zero-order chi connectivity index (χ0) is 39.8. The number of hydrogen-bond acceptors (Lipinski definition) is 21. The lowest BCUT2D eigenvalue weighted by atomic mass is 10.0. The molecule has 21 nitrogen and oxygen atoms in total. The lowest BCUT2D eigenvalue weighted by Gasteiger charge is -2.40. The molecule has 54 heavy (non-hydrogen) atoms. The van der Waals surface area contributed by atoms with E-state index in [2.05, 4.69) is 0 Å². The molecule has 0 radical (unpaired) electrons. The smallest absolute Gasteiger partial charge is 0.340 e. The molecule has 0 aliphatic carbocycles. The summed E-state index contributed by atoms with van der Waals surface area (Å²) in [5.74, 6) is -17.9. The van der Waals surface area contributed by atoms with E-state index in [1.54, 1.807) is 0 Å². The number of carbonyl (C=O) groups excluding carboxylic acids is 4. The molecule has 1 aliphatic heterocycles. The Kier molecular flexibility index (Phi) is 10.1. The second kappa shape index (κ2) is 14.5. The van der Waals surface area contributed by atoms with E-state index in [4.69, 9.17) is 23.7 Å². The summed E-state index contributed by atoms with van der Waals surface area (Å²) in [5, 5.41) is 118. The van der Waals surface area contributed by atoms with Crippen LogP contribution in [0.4, 0.5) is 0 Å². The number of phenolic OH excluding ortho intramolecular Hbond substituents is 12. The molecule has 4 atom stereocenters. The van der Waals surface area contributed by atoms with Gasteiger partial charge in [0.1, 0.15) is 0 Å². The fourth-order valence-electron chi connectivity index (χ4n) is 4.86. The molecule has 0 saturated carbocycles. The van der Waals surface area contributed by atoms with Gasteiger partial charge in [0.15, 0.2) is 81.2 Å². The summed E-state index contributed by atoms with van der Waals surface area (Å²) in [6.07, 6.45) is -8.50. The summed E-state index contributed by atoms with van der Waals surface area (Å²) in [4.78, 5) is 53.2. The molecule has 12 N–H and O–H groups in total. The Labute approximate surface area is 299 Å². The number of esters is 4. The molecule has 1 aliphatic rings. The Morgan fingerprint density at radius 3 is 0.981 bits per heavy atom. The molecule has 0 bridgehead atoms. The summed E-state index contributed by atoms with van der Waals surface area (Å²) >= 11 is 0. The van der Waals surface area contributed by atoms with E-state index < -0.39 is 146 Å². The highest BCUT2D eigenvalue weighted by Gasteiger charge is 2.50. The molecule has 0 unspecified atom stereocenters. The van der Waals surface area contributed by atoms with Crippen LogP contribution in [-0.2, 0) is 23.7 Å². The lowest BCUT2D eigenvalue weighted by Crippen LogP contribution is -2.58. The van der Waals surface area contributed by atoms with Gasteiger partial charge in [0.25, 0.3) is 0 Å². The van der Waals surface area contributed by atoms with Crippen molar-refractivity contribution in [3.63, 3.8) is 0 Å². The topological polar surface area (TPSA) is 357 Å². The van der Waals surface area contributed by atoms with Crippen LogP contribution in [0.25, 0.3) is 0 Å². The molecule has 0 aromatic heterocycles. The minimum atomic E-state index is -2.25. The number of hydrogen-bond donors (Lipinski definition) is 12. The van der Waals surface area contributed by atoms with Crippen molar-refractivity contribution < 1.29 is 104 Å². The van der Waals surface area contributed by atoms with Gasteiger partial charge in [0.2, 0.25) is 12.4 Å². The molecule has 1 saturated heterocycles. The second-order valence-electron chi connectivity index (χ2n) is 11.2. The number of phenols is 12. The van der Waals surface area contributed by atoms with Gasteiger partial charge in [0, 0.05) is 0 Å². The molecule has 4 aromatic carbocycles. The summed E-state index contributed by atoms with van der Waals surface area (Å²) < 4.78 is 27.1. The molecule has 4 aromatic rings. The third-order valence-corrected chi connectivity index (χ3v) is 7.57. The van der Waals surface area contributed by atoms with Gasteiger partial charge < -0.3 is 85.0 Å². The molecule has 1 fully saturated rings. The summed E-state index contributed by atoms with van der Waals surface area (Å²) in [7, 11) is 0. The van der Waals surface area contributed by atoms with Crippen molar-refractivity contribution in [1.29, 1.82) is 0 Å². The van der Waals surface area contributed by atoms with Crippen LogP contribution >= 0.6 is 0 Å². The number of rotatable bonds is 8. The van der Waals surface area contributed by atoms with Crippen molar-refractivity contribution in [2.75, 3.05) is 6.61 Å². The first-order valence-electron chi connectivity index (χ1n) is 14.8. The van der Waals surface area contributed by atoms with E-state index >= 15 is 0 Å². The van der Waals surface area contributed by atoms with E-state index in [-0.39, 0.29) is 0 Å². The largest absolute Gasteiger partial charge is 0.504 e. The minimum Gasteiger partial charge on any atom is -0.504 e. The van der Waals surface area contributed by atoms with Crippen molar-refractivity contribution in [2.24, 2.45) is 0 Å². The Morgan fingerprint density at radius 1 is 0.407 bits per heavy atom. The fraction of sp³-hybridized carbons (Fsp3) is 0.152. The first-order valence-corrected chi connectivity index (χ1v) is 14.8. The highest BCUT2D eigenvalue weighted by Crippen LogP contribution is 2.40. The Balaban J connectivity index is 1.58. The first kappa shape index (κ1) is 37.6. The SMILES string of the molecule is O=C(O[C@H]1OC[C@@H](OC(=O)c2cc(O)c(O)c(O)c2)[C@H](OC(=O)c2cc(O)c(O)c(O)c2)[C@@H]1OC(=O)c1cc(O)c(O)c(O)c1)c1cc(O)c(O)c(O)c1. The Hall–Kier alpha value is -7.68. The van der Waals surface area contributed by atoms with Crippen LogP contribution in [0.5, 0.6) is 69.0 Å². The van der Waals surface area contributed by atoms with E-state index in [1.165, 1.54) is 0 Å². The Bertz CT molecular complexity index is 1930. The quantitative estimate of drug-likeness (QED) is 0.0685. The third-order valence-electron chi connectivity index (χ3n) is 7.57. The predicted molar refractivity (Wildman–Crippen MR) is 169 cm³/mol. The van der Waals surface area contributed by atoms with Gasteiger partial charge in [-0.1, -0.05) is 0 Å². The van der Waals surface area contributed by atoms with Crippen LogP contribution in [0.2, 0.25) is 0 Å². The molecule has 0 amide bonds. The second-order valence-corrected chi connectivity index (χ2v) is 11.2. The average Bonchev–Trinajstić information content (AvgIpc) is 3.11. The van der Waals surface area contributed by atoms with Crippen LogP contribution < -0.4 is 0 Å².